The second-order valence-corrected chi connectivity index (χ2v) is 4.85. The summed E-state index contributed by atoms with van der Waals surface area (Å²) in [5, 5.41) is 7.38. The zero-order chi connectivity index (χ0) is 15.2. The minimum atomic E-state index is -2.79. The SMILES string of the molecule is CNC(CCc1cnn(C)c1)c1ccc(OC(F)F)cc1. The van der Waals surface area contributed by atoms with Crippen molar-refractivity contribution < 1.29 is 13.5 Å². The molecule has 2 aromatic rings. The summed E-state index contributed by atoms with van der Waals surface area (Å²) in [6, 6.07) is 6.90. The van der Waals surface area contributed by atoms with Crippen LogP contribution in [0.4, 0.5) is 8.78 Å². The van der Waals surface area contributed by atoms with Crippen molar-refractivity contribution in [3.05, 3.63) is 47.8 Å². The molecule has 0 saturated heterocycles. The smallest absolute Gasteiger partial charge is 0.387 e. The lowest BCUT2D eigenvalue weighted by atomic mass is 10.0. The summed E-state index contributed by atoms with van der Waals surface area (Å²) in [5.74, 6) is 0.177. The average molecular weight is 295 g/mol. The van der Waals surface area contributed by atoms with Crippen molar-refractivity contribution >= 4 is 0 Å². The highest BCUT2D eigenvalue weighted by atomic mass is 19.3. The van der Waals surface area contributed by atoms with Gasteiger partial charge >= 0.3 is 6.61 Å². The van der Waals surface area contributed by atoms with Gasteiger partial charge in [-0.05, 0) is 43.1 Å². The Balaban J connectivity index is 1.96. The molecule has 114 valence electrons. The van der Waals surface area contributed by atoms with Crippen molar-refractivity contribution in [2.24, 2.45) is 7.05 Å². The van der Waals surface area contributed by atoms with Crippen molar-refractivity contribution in [3.63, 3.8) is 0 Å². The molecule has 4 nitrogen and oxygen atoms in total. The molecule has 0 radical (unpaired) electrons. The van der Waals surface area contributed by atoms with Gasteiger partial charge in [-0.2, -0.15) is 13.9 Å². The first kappa shape index (κ1) is 15.4. The van der Waals surface area contributed by atoms with Gasteiger partial charge in [-0.15, -0.1) is 0 Å². The van der Waals surface area contributed by atoms with Crippen LogP contribution in [-0.2, 0) is 13.5 Å². The quantitative estimate of drug-likeness (QED) is 0.853. The highest BCUT2D eigenvalue weighted by Crippen LogP contribution is 2.22. The van der Waals surface area contributed by atoms with Crippen LogP contribution in [0.5, 0.6) is 5.75 Å². The van der Waals surface area contributed by atoms with Crippen LogP contribution in [0.25, 0.3) is 0 Å². The number of nitrogens with one attached hydrogen (secondary N) is 1. The molecule has 21 heavy (non-hydrogen) atoms. The van der Waals surface area contributed by atoms with E-state index in [1.807, 2.05) is 38.6 Å². The van der Waals surface area contributed by atoms with Crippen LogP contribution in [0.2, 0.25) is 0 Å². The van der Waals surface area contributed by atoms with E-state index in [1.165, 1.54) is 5.56 Å². The highest BCUT2D eigenvalue weighted by Gasteiger charge is 2.11. The van der Waals surface area contributed by atoms with Gasteiger partial charge in [0.1, 0.15) is 5.75 Å². The van der Waals surface area contributed by atoms with Gasteiger partial charge in [-0.3, -0.25) is 4.68 Å². The molecule has 2 rings (SSSR count). The van der Waals surface area contributed by atoms with E-state index in [1.54, 1.807) is 16.8 Å². The third-order valence-electron chi connectivity index (χ3n) is 3.34. The second kappa shape index (κ2) is 7.17. The molecule has 1 N–H and O–H groups in total. The Kier molecular flexibility index (Phi) is 5.27. The first-order chi connectivity index (χ1) is 10.1. The van der Waals surface area contributed by atoms with E-state index in [4.69, 9.17) is 0 Å². The standard InChI is InChI=1S/C15H19F2N3O/c1-18-14(8-3-11-9-19-20(2)10-11)12-4-6-13(7-5-12)21-15(16)17/h4-7,9-10,14-15,18H,3,8H2,1-2H3. The van der Waals surface area contributed by atoms with Gasteiger partial charge < -0.3 is 10.1 Å². The molecule has 0 aliphatic heterocycles. The molecule has 1 aromatic carbocycles. The second-order valence-electron chi connectivity index (χ2n) is 4.85. The van der Waals surface area contributed by atoms with Crippen molar-refractivity contribution in [2.45, 2.75) is 25.5 Å². The Morgan fingerprint density at radius 2 is 2.00 bits per heavy atom. The van der Waals surface area contributed by atoms with E-state index in [0.717, 1.165) is 18.4 Å². The summed E-state index contributed by atoms with van der Waals surface area (Å²) < 4.78 is 30.4. The Morgan fingerprint density at radius 1 is 1.29 bits per heavy atom. The predicted molar refractivity (Wildman–Crippen MR) is 76.4 cm³/mol. The molecule has 0 saturated carbocycles. The first-order valence-electron chi connectivity index (χ1n) is 6.78. The minimum Gasteiger partial charge on any atom is -0.435 e. The average Bonchev–Trinajstić information content (AvgIpc) is 2.86. The summed E-state index contributed by atoms with van der Waals surface area (Å²) in [6.45, 7) is -2.79. The Morgan fingerprint density at radius 3 is 2.52 bits per heavy atom. The number of halogens is 2. The van der Waals surface area contributed by atoms with E-state index in [2.05, 4.69) is 15.2 Å². The van der Waals surface area contributed by atoms with Gasteiger partial charge in [0.15, 0.2) is 0 Å². The maximum atomic E-state index is 12.1. The van der Waals surface area contributed by atoms with Gasteiger partial charge in [0.05, 0.1) is 6.20 Å². The van der Waals surface area contributed by atoms with Crippen molar-refractivity contribution in [2.75, 3.05) is 7.05 Å². The molecular weight excluding hydrogens is 276 g/mol. The van der Waals surface area contributed by atoms with Crippen LogP contribution in [0, 0.1) is 0 Å². The van der Waals surface area contributed by atoms with Crippen LogP contribution in [0.15, 0.2) is 36.7 Å². The number of aromatic nitrogens is 2. The monoisotopic (exact) mass is 295 g/mol. The fraction of sp³-hybridized carbons (Fsp3) is 0.400. The maximum Gasteiger partial charge on any atom is 0.387 e. The fourth-order valence-electron chi connectivity index (χ4n) is 2.27. The predicted octanol–water partition coefficient (Wildman–Crippen LogP) is 2.91. The van der Waals surface area contributed by atoms with Crippen LogP contribution in [0.1, 0.15) is 23.6 Å². The number of rotatable bonds is 7. The highest BCUT2D eigenvalue weighted by molar-refractivity contribution is 5.29. The molecule has 1 unspecified atom stereocenters. The first-order valence-corrected chi connectivity index (χ1v) is 6.78. The number of hydrogen-bond acceptors (Lipinski definition) is 3. The lowest BCUT2D eigenvalue weighted by Gasteiger charge is -2.16. The normalized spacial score (nSPS) is 12.6. The summed E-state index contributed by atoms with van der Waals surface area (Å²) in [7, 11) is 3.78. The largest absolute Gasteiger partial charge is 0.435 e. The van der Waals surface area contributed by atoms with Gasteiger partial charge in [0, 0.05) is 19.3 Å². The molecule has 1 aromatic heterocycles. The topological polar surface area (TPSA) is 39.1 Å². The Hall–Kier alpha value is -1.95. The molecule has 0 fully saturated rings. The molecule has 0 amide bonds. The van der Waals surface area contributed by atoms with E-state index >= 15 is 0 Å². The Bertz CT molecular complexity index is 554. The van der Waals surface area contributed by atoms with Crippen molar-refractivity contribution in [3.8, 4) is 5.75 Å². The summed E-state index contributed by atoms with van der Waals surface area (Å²) in [6.07, 6.45) is 5.64. The lowest BCUT2D eigenvalue weighted by molar-refractivity contribution is -0.0498. The zero-order valence-corrected chi connectivity index (χ0v) is 12.1. The number of alkyl halides is 2. The van der Waals surface area contributed by atoms with E-state index in [-0.39, 0.29) is 11.8 Å². The van der Waals surface area contributed by atoms with Crippen LogP contribution in [-0.4, -0.2) is 23.4 Å². The summed E-state index contributed by atoms with van der Waals surface area (Å²) >= 11 is 0. The van der Waals surface area contributed by atoms with E-state index in [0.29, 0.717) is 0 Å². The lowest BCUT2D eigenvalue weighted by Crippen LogP contribution is -2.17. The molecule has 6 heteroatoms. The van der Waals surface area contributed by atoms with Gasteiger partial charge in [-0.1, -0.05) is 12.1 Å². The molecule has 0 aliphatic carbocycles. The van der Waals surface area contributed by atoms with E-state index < -0.39 is 6.61 Å². The maximum absolute atomic E-state index is 12.1. The minimum absolute atomic E-state index is 0.158. The molecule has 1 atom stereocenters. The molecule has 1 heterocycles. The molecular formula is C15H19F2N3O. The van der Waals surface area contributed by atoms with Crippen LogP contribution >= 0.6 is 0 Å². The van der Waals surface area contributed by atoms with Crippen LogP contribution in [0.3, 0.4) is 0 Å². The van der Waals surface area contributed by atoms with Gasteiger partial charge in [0.2, 0.25) is 0 Å². The Labute approximate surface area is 122 Å². The molecule has 0 spiro atoms. The van der Waals surface area contributed by atoms with Crippen molar-refractivity contribution in [1.82, 2.24) is 15.1 Å². The molecule has 0 aliphatic rings. The number of nitrogens with zero attached hydrogens (tertiary/aromatic N) is 2. The van der Waals surface area contributed by atoms with Gasteiger partial charge in [0.25, 0.3) is 0 Å². The number of benzene rings is 1. The number of ether oxygens (including phenoxy) is 1. The third-order valence-corrected chi connectivity index (χ3v) is 3.34. The van der Waals surface area contributed by atoms with Crippen LogP contribution < -0.4 is 10.1 Å². The third kappa shape index (κ3) is 4.53. The van der Waals surface area contributed by atoms with Gasteiger partial charge in [-0.25, -0.2) is 0 Å². The zero-order valence-electron chi connectivity index (χ0n) is 12.1. The fourth-order valence-corrected chi connectivity index (χ4v) is 2.27. The summed E-state index contributed by atoms with van der Waals surface area (Å²) in [4.78, 5) is 0. The summed E-state index contributed by atoms with van der Waals surface area (Å²) in [5.41, 5.74) is 2.22. The molecule has 0 bridgehead atoms. The van der Waals surface area contributed by atoms with E-state index in [9.17, 15) is 8.78 Å². The number of aryl methyl sites for hydroxylation is 2. The number of hydrogen-bond donors (Lipinski definition) is 1. The van der Waals surface area contributed by atoms with Crippen molar-refractivity contribution in [1.29, 1.82) is 0 Å².